The molecule has 0 amide bonds. The molecular weight excluding hydrogens is 899 g/mol. The fraction of sp³-hybridized carbons (Fsp3) is 0.889. The van der Waals surface area contributed by atoms with Crippen molar-refractivity contribution in [2.75, 3.05) is 47.5 Å². The number of carbonyl (C=O) groups is 3. The van der Waals surface area contributed by atoms with Crippen molar-refractivity contribution in [3.05, 3.63) is 24.3 Å². The number of carboxylic acid groups (broad SMARTS) is 1. The van der Waals surface area contributed by atoms with E-state index in [9.17, 15) is 19.5 Å². The Balaban J connectivity index is 4.03. The summed E-state index contributed by atoms with van der Waals surface area (Å²) in [6.07, 6.45) is 62.8. The summed E-state index contributed by atoms with van der Waals surface area (Å²) in [6.45, 7) is 4.90. The van der Waals surface area contributed by atoms with E-state index in [-0.39, 0.29) is 32.2 Å². The van der Waals surface area contributed by atoms with Gasteiger partial charge >= 0.3 is 17.9 Å². The monoisotopic (exact) mass is 1020 g/mol. The molecule has 0 aromatic carbocycles. The van der Waals surface area contributed by atoms with Crippen molar-refractivity contribution in [2.45, 2.75) is 315 Å². The van der Waals surface area contributed by atoms with E-state index in [1.54, 1.807) is 0 Å². The standard InChI is InChI=1S/C63H119NO8/c1-6-8-10-12-14-16-18-20-22-23-24-25-26-27-28-29-30-31-32-33-34-35-36-37-38-39-40-42-44-46-48-50-52-54-61(66)72-59(58-71-63(62(67)68)69-56-55-64(3,4)5)57-70-60(65)53-51-49-47-45-43-41-21-19-17-15-13-11-9-7-2/h19,21,23-24,59,63H,6-18,20,22,25-58H2,1-5H3/p+1/b21-19-,24-23-. The van der Waals surface area contributed by atoms with E-state index in [0.29, 0.717) is 17.4 Å². The number of carbonyl (C=O) groups excluding carboxylic acids is 2. The smallest absolute Gasteiger partial charge is 0.361 e. The summed E-state index contributed by atoms with van der Waals surface area (Å²) < 4.78 is 22.9. The quantitative estimate of drug-likeness (QED) is 0.0211. The molecule has 9 nitrogen and oxygen atoms in total. The first kappa shape index (κ1) is 69.8. The van der Waals surface area contributed by atoms with Gasteiger partial charge in [-0.3, -0.25) is 9.59 Å². The van der Waals surface area contributed by atoms with Crippen molar-refractivity contribution < 1.29 is 42.9 Å². The van der Waals surface area contributed by atoms with Crippen molar-refractivity contribution in [1.82, 2.24) is 0 Å². The minimum absolute atomic E-state index is 0.181. The summed E-state index contributed by atoms with van der Waals surface area (Å²) in [5.74, 6) is -2.00. The van der Waals surface area contributed by atoms with Crippen LogP contribution in [0.2, 0.25) is 0 Å². The third kappa shape index (κ3) is 55.5. The zero-order chi connectivity index (χ0) is 52.7. The molecule has 72 heavy (non-hydrogen) atoms. The Kier molecular flexibility index (Phi) is 53.3. The van der Waals surface area contributed by atoms with Gasteiger partial charge < -0.3 is 28.5 Å². The van der Waals surface area contributed by atoms with Crippen LogP contribution in [-0.4, -0.2) is 87.4 Å². The minimum atomic E-state index is -1.51. The molecule has 2 unspecified atom stereocenters. The fourth-order valence-electron chi connectivity index (χ4n) is 9.12. The average molecular weight is 1020 g/mol. The molecule has 9 heteroatoms. The lowest BCUT2D eigenvalue weighted by atomic mass is 10.0. The summed E-state index contributed by atoms with van der Waals surface area (Å²) in [5, 5.41) is 9.69. The summed E-state index contributed by atoms with van der Waals surface area (Å²) in [6, 6.07) is 0. The largest absolute Gasteiger partial charge is 0.477 e. The second-order valence-corrected chi connectivity index (χ2v) is 22.4. The van der Waals surface area contributed by atoms with Gasteiger partial charge in [0.1, 0.15) is 13.2 Å². The molecule has 0 saturated carbocycles. The lowest BCUT2D eigenvalue weighted by Gasteiger charge is -2.25. The Bertz CT molecular complexity index is 1230. The van der Waals surface area contributed by atoms with Gasteiger partial charge in [-0.25, -0.2) is 4.79 Å². The lowest BCUT2D eigenvalue weighted by molar-refractivity contribution is -0.870. The SMILES string of the molecule is CCCCCCC/C=C\CCCCCCCC(=O)OCC(COC(OCC[N+](C)(C)C)C(=O)O)OC(=O)CCCCCCCCCCCCCCCCCCCCCCC/C=C\CCCCCCCCCC. The minimum Gasteiger partial charge on any atom is -0.477 e. The molecule has 0 saturated heterocycles. The molecular formula is C63H120NO8+. The van der Waals surface area contributed by atoms with Gasteiger partial charge in [0.15, 0.2) is 6.10 Å². The van der Waals surface area contributed by atoms with E-state index >= 15 is 0 Å². The fourth-order valence-corrected chi connectivity index (χ4v) is 9.12. The van der Waals surface area contributed by atoms with E-state index in [1.807, 2.05) is 21.1 Å². The predicted octanol–water partition coefficient (Wildman–Crippen LogP) is 18.3. The first-order valence-corrected chi connectivity index (χ1v) is 31.0. The van der Waals surface area contributed by atoms with Crippen molar-refractivity contribution in [2.24, 2.45) is 0 Å². The maximum atomic E-state index is 12.9. The summed E-state index contributed by atoms with van der Waals surface area (Å²) in [5.41, 5.74) is 0. The Hall–Kier alpha value is -2.23. The maximum Gasteiger partial charge on any atom is 0.361 e. The van der Waals surface area contributed by atoms with Gasteiger partial charge in [-0.2, -0.15) is 0 Å². The molecule has 0 spiro atoms. The zero-order valence-corrected chi connectivity index (χ0v) is 48.4. The lowest BCUT2D eigenvalue weighted by Crippen LogP contribution is -2.40. The van der Waals surface area contributed by atoms with Crippen LogP contribution in [0.5, 0.6) is 0 Å². The van der Waals surface area contributed by atoms with Crippen LogP contribution in [-0.2, 0) is 33.3 Å². The van der Waals surface area contributed by atoms with Crippen LogP contribution in [0.1, 0.15) is 303 Å². The number of carboxylic acids is 1. The van der Waals surface area contributed by atoms with Crippen LogP contribution in [0.25, 0.3) is 0 Å². The molecule has 0 aromatic heterocycles. The molecule has 424 valence electrons. The van der Waals surface area contributed by atoms with E-state index in [2.05, 4.69) is 38.2 Å². The molecule has 0 fully saturated rings. The first-order chi connectivity index (χ1) is 35.1. The number of ether oxygens (including phenoxy) is 4. The van der Waals surface area contributed by atoms with Crippen molar-refractivity contribution >= 4 is 17.9 Å². The Morgan fingerprint density at radius 2 is 0.708 bits per heavy atom. The van der Waals surface area contributed by atoms with E-state index in [0.717, 1.165) is 51.4 Å². The molecule has 0 aliphatic heterocycles. The number of nitrogens with zero attached hydrogens (tertiary/aromatic N) is 1. The summed E-state index contributed by atoms with van der Waals surface area (Å²) in [7, 11) is 5.97. The highest BCUT2D eigenvalue weighted by atomic mass is 16.7. The van der Waals surface area contributed by atoms with Crippen LogP contribution < -0.4 is 0 Å². The van der Waals surface area contributed by atoms with Gasteiger partial charge in [0.2, 0.25) is 0 Å². The predicted molar refractivity (Wildman–Crippen MR) is 304 cm³/mol. The molecule has 0 rings (SSSR count). The third-order valence-electron chi connectivity index (χ3n) is 13.9. The molecule has 2 atom stereocenters. The molecule has 0 aliphatic carbocycles. The third-order valence-corrected chi connectivity index (χ3v) is 13.9. The number of hydrogen-bond acceptors (Lipinski definition) is 7. The van der Waals surface area contributed by atoms with Crippen molar-refractivity contribution in [1.29, 1.82) is 0 Å². The number of allylic oxidation sites excluding steroid dienone is 4. The van der Waals surface area contributed by atoms with E-state index in [1.165, 1.54) is 225 Å². The highest BCUT2D eigenvalue weighted by Gasteiger charge is 2.25. The van der Waals surface area contributed by atoms with E-state index < -0.39 is 24.3 Å². The van der Waals surface area contributed by atoms with Crippen LogP contribution >= 0.6 is 0 Å². The average Bonchev–Trinajstić information content (AvgIpc) is 3.35. The Morgan fingerprint density at radius 3 is 1.03 bits per heavy atom. The number of aliphatic carboxylic acids is 1. The van der Waals surface area contributed by atoms with Crippen molar-refractivity contribution in [3.63, 3.8) is 0 Å². The van der Waals surface area contributed by atoms with Crippen LogP contribution in [0.3, 0.4) is 0 Å². The Labute approximate surface area is 446 Å². The molecule has 0 aromatic rings. The zero-order valence-electron chi connectivity index (χ0n) is 48.4. The Morgan fingerprint density at radius 1 is 0.403 bits per heavy atom. The van der Waals surface area contributed by atoms with Crippen LogP contribution in [0, 0.1) is 0 Å². The maximum absolute atomic E-state index is 12.9. The number of rotatable bonds is 58. The van der Waals surface area contributed by atoms with Gasteiger partial charge in [0.05, 0.1) is 34.4 Å². The second kappa shape index (κ2) is 55.0. The molecule has 0 radical (unpaired) electrons. The number of unbranched alkanes of at least 4 members (excludes halogenated alkanes) is 39. The highest BCUT2D eigenvalue weighted by Crippen LogP contribution is 2.17. The number of hydrogen-bond donors (Lipinski definition) is 1. The molecule has 1 N–H and O–H groups in total. The summed E-state index contributed by atoms with van der Waals surface area (Å²) in [4.78, 5) is 37.4. The normalized spacial score (nSPS) is 12.8. The number of esters is 2. The highest BCUT2D eigenvalue weighted by molar-refractivity contribution is 5.71. The second-order valence-electron chi connectivity index (χ2n) is 22.4. The van der Waals surface area contributed by atoms with Crippen molar-refractivity contribution in [3.8, 4) is 0 Å². The van der Waals surface area contributed by atoms with Gasteiger partial charge in [-0.05, 0) is 64.2 Å². The topological polar surface area (TPSA) is 108 Å². The number of likely N-dealkylation sites (N-methyl/N-ethyl adjacent to an activating group) is 1. The van der Waals surface area contributed by atoms with Gasteiger partial charge in [0, 0.05) is 12.8 Å². The van der Waals surface area contributed by atoms with Gasteiger partial charge in [-0.15, -0.1) is 0 Å². The van der Waals surface area contributed by atoms with Gasteiger partial charge in [0.25, 0.3) is 6.29 Å². The summed E-state index contributed by atoms with van der Waals surface area (Å²) >= 11 is 0. The first-order valence-electron chi connectivity index (χ1n) is 31.0. The van der Waals surface area contributed by atoms with Crippen LogP contribution in [0.15, 0.2) is 24.3 Å². The van der Waals surface area contributed by atoms with E-state index in [4.69, 9.17) is 18.9 Å². The van der Waals surface area contributed by atoms with Crippen LogP contribution in [0.4, 0.5) is 0 Å². The number of quaternary nitrogens is 1. The molecule has 0 heterocycles. The molecule has 0 aliphatic rings. The molecule has 0 bridgehead atoms. The van der Waals surface area contributed by atoms with Gasteiger partial charge in [-0.1, -0.05) is 250 Å².